The van der Waals surface area contributed by atoms with Gasteiger partial charge in [-0.3, -0.25) is 4.79 Å². The lowest BCUT2D eigenvalue weighted by Crippen LogP contribution is -2.36. The normalized spacial score (nSPS) is 11.2. The van der Waals surface area contributed by atoms with Crippen LogP contribution in [0.15, 0.2) is 18.2 Å². The maximum absolute atomic E-state index is 11.5. The van der Waals surface area contributed by atoms with Crippen molar-refractivity contribution >= 4 is 5.91 Å². The summed E-state index contributed by atoms with van der Waals surface area (Å²) in [6.45, 7) is 4.04. The van der Waals surface area contributed by atoms with Crippen molar-refractivity contribution in [3.05, 3.63) is 23.8 Å². The number of nitrogens with one attached hydrogen (secondary N) is 1. The fourth-order valence-corrected chi connectivity index (χ4v) is 1.40. The Balaban J connectivity index is 2.84. The highest BCUT2D eigenvalue weighted by Gasteiger charge is 2.14. The Hall–Kier alpha value is -2.22. The fourth-order valence-electron chi connectivity index (χ4n) is 1.40. The van der Waals surface area contributed by atoms with Crippen molar-refractivity contribution in [1.29, 1.82) is 5.26 Å². The molecule has 96 valence electrons. The third-order valence-corrected chi connectivity index (χ3v) is 2.28. The van der Waals surface area contributed by atoms with Gasteiger partial charge >= 0.3 is 0 Å². The van der Waals surface area contributed by atoms with Crippen LogP contribution in [0.3, 0.4) is 0 Å². The van der Waals surface area contributed by atoms with Crippen LogP contribution in [-0.2, 0) is 4.79 Å². The van der Waals surface area contributed by atoms with E-state index in [2.05, 4.69) is 5.32 Å². The minimum atomic E-state index is -0.622. The van der Waals surface area contributed by atoms with Crippen molar-refractivity contribution in [2.75, 3.05) is 13.7 Å². The number of hydrogen-bond donors (Lipinski definition) is 1. The summed E-state index contributed by atoms with van der Waals surface area (Å²) < 4.78 is 10.5. The molecule has 0 saturated carbocycles. The van der Waals surface area contributed by atoms with Crippen LogP contribution >= 0.6 is 0 Å². The maximum atomic E-state index is 11.5. The zero-order chi connectivity index (χ0) is 13.5. The van der Waals surface area contributed by atoms with Gasteiger partial charge in [0.05, 0.1) is 18.7 Å². The Morgan fingerprint density at radius 2 is 2.11 bits per heavy atom. The molecule has 1 aromatic carbocycles. The zero-order valence-corrected chi connectivity index (χ0v) is 10.7. The van der Waals surface area contributed by atoms with Gasteiger partial charge < -0.3 is 14.8 Å². The van der Waals surface area contributed by atoms with Crippen molar-refractivity contribution in [3.63, 3.8) is 0 Å². The first-order chi connectivity index (χ1) is 8.60. The van der Waals surface area contributed by atoms with E-state index in [0.717, 1.165) is 0 Å². The van der Waals surface area contributed by atoms with E-state index in [4.69, 9.17) is 14.7 Å². The second-order valence-corrected chi connectivity index (χ2v) is 3.66. The zero-order valence-electron chi connectivity index (χ0n) is 10.7. The van der Waals surface area contributed by atoms with Gasteiger partial charge in [0.25, 0.3) is 5.91 Å². The molecule has 1 N–H and O–H groups in total. The standard InChI is InChI=1S/C13H16N2O3/c1-4-15-13(16)9(2)18-12-6-10(8-14)5-11(7-12)17-3/h5-7,9H,4H2,1-3H3,(H,15,16). The molecule has 1 rings (SSSR count). The molecule has 1 atom stereocenters. The van der Waals surface area contributed by atoms with Gasteiger partial charge in [0.15, 0.2) is 6.10 Å². The molecule has 1 amide bonds. The minimum Gasteiger partial charge on any atom is -0.497 e. The van der Waals surface area contributed by atoms with E-state index in [1.165, 1.54) is 7.11 Å². The van der Waals surface area contributed by atoms with Crippen LogP contribution in [0.25, 0.3) is 0 Å². The van der Waals surface area contributed by atoms with Crippen LogP contribution in [-0.4, -0.2) is 25.7 Å². The number of amides is 1. The highest BCUT2D eigenvalue weighted by molar-refractivity contribution is 5.80. The number of hydrogen-bond acceptors (Lipinski definition) is 4. The van der Waals surface area contributed by atoms with Crippen molar-refractivity contribution < 1.29 is 14.3 Å². The van der Waals surface area contributed by atoms with Gasteiger partial charge in [0.1, 0.15) is 11.5 Å². The average molecular weight is 248 g/mol. The lowest BCUT2D eigenvalue weighted by Gasteiger charge is -2.14. The third kappa shape index (κ3) is 3.67. The number of nitrogens with zero attached hydrogens (tertiary/aromatic N) is 1. The number of likely N-dealkylation sites (N-methyl/N-ethyl adjacent to an activating group) is 1. The molecule has 0 fully saturated rings. The largest absolute Gasteiger partial charge is 0.497 e. The Labute approximate surface area is 106 Å². The van der Waals surface area contributed by atoms with Gasteiger partial charge in [-0.25, -0.2) is 0 Å². The summed E-state index contributed by atoms with van der Waals surface area (Å²) in [6.07, 6.45) is -0.622. The lowest BCUT2D eigenvalue weighted by molar-refractivity contribution is -0.127. The Morgan fingerprint density at radius 3 is 2.67 bits per heavy atom. The summed E-state index contributed by atoms with van der Waals surface area (Å²) in [7, 11) is 1.51. The van der Waals surface area contributed by atoms with E-state index in [1.54, 1.807) is 25.1 Å². The van der Waals surface area contributed by atoms with Crippen molar-refractivity contribution in [2.45, 2.75) is 20.0 Å². The van der Waals surface area contributed by atoms with Crippen LogP contribution < -0.4 is 14.8 Å². The van der Waals surface area contributed by atoms with E-state index in [9.17, 15) is 4.79 Å². The van der Waals surface area contributed by atoms with Gasteiger partial charge in [-0.1, -0.05) is 0 Å². The first-order valence-electron chi connectivity index (χ1n) is 5.64. The molecule has 18 heavy (non-hydrogen) atoms. The first-order valence-corrected chi connectivity index (χ1v) is 5.64. The van der Waals surface area contributed by atoms with E-state index >= 15 is 0 Å². The molecule has 0 aliphatic rings. The summed E-state index contributed by atoms with van der Waals surface area (Å²) in [5, 5.41) is 11.5. The van der Waals surface area contributed by atoms with Crippen molar-refractivity contribution in [3.8, 4) is 17.6 Å². The third-order valence-electron chi connectivity index (χ3n) is 2.28. The number of nitriles is 1. The van der Waals surface area contributed by atoms with E-state index in [0.29, 0.717) is 23.6 Å². The Kier molecular flexibility index (Phi) is 5.00. The molecule has 0 spiro atoms. The molecule has 0 aliphatic heterocycles. The molecule has 0 aromatic heterocycles. The van der Waals surface area contributed by atoms with Gasteiger partial charge in [-0.15, -0.1) is 0 Å². The van der Waals surface area contributed by atoms with E-state index in [1.807, 2.05) is 13.0 Å². The molecule has 5 nitrogen and oxygen atoms in total. The first kappa shape index (κ1) is 13.8. The van der Waals surface area contributed by atoms with E-state index in [-0.39, 0.29) is 5.91 Å². The highest BCUT2D eigenvalue weighted by atomic mass is 16.5. The second-order valence-electron chi connectivity index (χ2n) is 3.66. The van der Waals surface area contributed by atoms with Crippen LogP contribution in [0.4, 0.5) is 0 Å². The number of carbonyl (C=O) groups excluding carboxylic acids is 1. The number of benzene rings is 1. The molecule has 0 radical (unpaired) electrons. The number of rotatable bonds is 5. The quantitative estimate of drug-likeness (QED) is 0.856. The molecule has 0 bridgehead atoms. The molecule has 1 aromatic rings. The van der Waals surface area contributed by atoms with Gasteiger partial charge in [-0.2, -0.15) is 5.26 Å². The Morgan fingerprint density at radius 1 is 1.44 bits per heavy atom. The predicted molar refractivity (Wildman–Crippen MR) is 66.5 cm³/mol. The van der Waals surface area contributed by atoms with Gasteiger partial charge in [0, 0.05) is 12.6 Å². The van der Waals surface area contributed by atoms with Gasteiger partial charge in [-0.05, 0) is 26.0 Å². The summed E-state index contributed by atoms with van der Waals surface area (Å²) in [5.74, 6) is 0.760. The van der Waals surface area contributed by atoms with Crippen LogP contribution in [0.1, 0.15) is 19.4 Å². The summed E-state index contributed by atoms with van der Waals surface area (Å²) >= 11 is 0. The summed E-state index contributed by atoms with van der Waals surface area (Å²) in [5.41, 5.74) is 0.424. The second kappa shape index (κ2) is 6.50. The van der Waals surface area contributed by atoms with Crippen molar-refractivity contribution in [2.24, 2.45) is 0 Å². The average Bonchev–Trinajstić information content (AvgIpc) is 2.38. The Bertz CT molecular complexity index is 466. The number of methoxy groups -OCH3 is 1. The molecular weight excluding hydrogens is 232 g/mol. The highest BCUT2D eigenvalue weighted by Crippen LogP contribution is 2.23. The van der Waals surface area contributed by atoms with Crippen LogP contribution in [0.5, 0.6) is 11.5 Å². The fraction of sp³-hybridized carbons (Fsp3) is 0.385. The molecule has 0 saturated heterocycles. The molecule has 0 aliphatic carbocycles. The molecule has 0 heterocycles. The molecular formula is C13H16N2O3. The predicted octanol–water partition coefficient (Wildman–Crippen LogP) is 1.47. The monoisotopic (exact) mass is 248 g/mol. The van der Waals surface area contributed by atoms with E-state index < -0.39 is 6.10 Å². The van der Waals surface area contributed by atoms with Gasteiger partial charge in [0.2, 0.25) is 0 Å². The van der Waals surface area contributed by atoms with Crippen molar-refractivity contribution in [1.82, 2.24) is 5.32 Å². The summed E-state index contributed by atoms with van der Waals surface area (Å²) in [4.78, 5) is 11.5. The van der Waals surface area contributed by atoms with Crippen LogP contribution in [0, 0.1) is 11.3 Å². The summed E-state index contributed by atoms with van der Waals surface area (Å²) in [6, 6.07) is 6.81. The van der Waals surface area contributed by atoms with Crippen LogP contribution in [0.2, 0.25) is 0 Å². The minimum absolute atomic E-state index is 0.196. The maximum Gasteiger partial charge on any atom is 0.260 e. The molecule has 5 heteroatoms. The number of carbonyl (C=O) groups is 1. The SMILES string of the molecule is CCNC(=O)C(C)Oc1cc(C#N)cc(OC)c1. The smallest absolute Gasteiger partial charge is 0.260 e. The topological polar surface area (TPSA) is 71.3 Å². The lowest BCUT2D eigenvalue weighted by atomic mass is 10.2. The molecule has 1 unspecified atom stereocenters. The number of ether oxygens (including phenoxy) is 2.